The Balaban J connectivity index is 2.72. The lowest BCUT2D eigenvalue weighted by Gasteiger charge is -2.30. The first-order valence-corrected chi connectivity index (χ1v) is 12.3. The van der Waals surface area contributed by atoms with Crippen molar-refractivity contribution in [1.82, 2.24) is 0 Å². The lowest BCUT2D eigenvalue weighted by atomic mass is 10.0. The van der Waals surface area contributed by atoms with Crippen molar-refractivity contribution in [2.75, 3.05) is 24.7 Å². The predicted octanol–water partition coefficient (Wildman–Crippen LogP) is 6.42. The van der Waals surface area contributed by atoms with Gasteiger partial charge >= 0.3 is 12.1 Å². The molecule has 0 fully saturated rings. The van der Waals surface area contributed by atoms with Crippen LogP contribution in [0.1, 0.15) is 62.9 Å². The van der Waals surface area contributed by atoms with Crippen molar-refractivity contribution in [3.05, 3.63) is 51.7 Å². The van der Waals surface area contributed by atoms with Crippen LogP contribution in [0.4, 0.5) is 14.9 Å². The molecule has 0 aliphatic heterocycles. The van der Waals surface area contributed by atoms with E-state index in [1.54, 1.807) is 51.1 Å². The summed E-state index contributed by atoms with van der Waals surface area (Å²) in [6.07, 6.45) is 0.918. The van der Waals surface area contributed by atoms with E-state index in [4.69, 9.17) is 14.2 Å². The smallest absolute Gasteiger partial charge is 0.414 e. The molecule has 0 bridgehead atoms. The van der Waals surface area contributed by atoms with Gasteiger partial charge in [-0.25, -0.2) is 14.0 Å². The second-order valence-electron chi connectivity index (χ2n) is 8.92. The lowest BCUT2D eigenvalue weighted by Crippen LogP contribution is -2.38. The fourth-order valence-corrected chi connectivity index (χ4v) is 3.89. The van der Waals surface area contributed by atoms with E-state index in [1.165, 1.54) is 11.8 Å². The number of aliphatic hydroxyl groups excluding tert-OH is 1. The van der Waals surface area contributed by atoms with Crippen LogP contribution in [0.25, 0.3) is 0 Å². The van der Waals surface area contributed by atoms with Gasteiger partial charge in [0.25, 0.3) is 0 Å². The van der Waals surface area contributed by atoms with Gasteiger partial charge in [-0.15, -0.1) is 0 Å². The van der Waals surface area contributed by atoms with E-state index in [2.05, 4.69) is 15.9 Å². The van der Waals surface area contributed by atoms with E-state index in [0.717, 1.165) is 6.42 Å². The number of aliphatic hydroxyl groups is 1. The first-order chi connectivity index (χ1) is 16.5. The summed E-state index contributed by atoms with van der Waals surface area (Å²) in [5.74, 6) is -1.26. The van der Waals surface area contributed by atoms with Crippen LogP contribution in [-0.4, -0.2) is 42.5 Å². The maximum Gasteiger partial charge on any atom is 0.414 e. The van der Waals surface area contributed by atoms with Gasteiger partial charge in [0.1, 0.15) is 28.4 Å². The van der Waals surface area contributed by atoms with Crippen molar-refractivity contribution in [3.8, 4) is 11.5 Å². The first-order valence-electron chi connectivity index (χ1n) is 11.5. The normalized spacial score (nSPS) is 11.2. The monoisotopic (exact) mass is 553 g/mol. The summed E-state index contributed by atoms with van der Waals surface area (Å²) in [7, 11) is 0. The van der Waals surface area contributed by atoms with E-state index in [1.807, 2.05) is 6.92 Å². The van der Waals surface area contributed by atoms with E-state index >= 15 is 4.39 Å². The molecule has 9 heteroatoms. The minimum absolute atomic E-state index is 0.00379. The van der Waals surface area contributed by atoms with Gasteiger partial charge in [0, 0.05) is 18.7 Å². The molecule has 2 aromatic carbocycles. The highest BCUT2D eigenvalue weighted by Crippen LogP contribution is 2.44. The molecule has 0 saturated carbocycles. The number of hydrogen-bond acceptors (Lipinski definition) is 6. The summed E-state index contributed by atoms with van der Waals surface area (Å²) in [6, 6.07) is 8.41. The van der Waals surface area contributed by atoms with Crippen LogP contribution in [0.5, 0.6) is 11.5 Å². The Kier molecular flexibility index (Phi) is 10.5. The second kappa shape index (κ2) is 12.9. The minimum atomic E-state index is -0.831. The Morgan fingerprint density at radius 2 is 1.80 bits per heavy atom. The zero-order chi connectivity index (χ0) is 26.2. The van der Waals surface area contributed by atoms with Gasteiger partial charge in [-0.1, -0.05) is 31.5 Å². The molecule has 35 heavy (non-hydrogen) atoms. The van der Waals surface area contributed by atoms with Gasteiger partial charge in [-0.05, 0) is 68.6 Å². The molecule has 0 aromatic heterocycles. The molecular weight excluding hydrogens is 521 g/mol. The topological polar surface area (TPSA) is 85.3 Å². The van der Waals surface area contributed by atoms with Gasteiger partial charge < -0.3 is 19.3 Å². The average molecular weight is 554 g/mol. The molecule has 0 atom stereocenters. The molecule has 1 amide bonds. The molecule has 0 radical (unpaired) electrons. The molecule has 0 spiro atoms. The highest BCUT2D eigenvalue weighted by atomic mass is 79.9. The molecule has 2 rings (SSSR count). The fraction of sp³-hybridized carbons (Fsp3) is 0.462. The molecule has 0 heterocycles. The van der Waals surface area contributed by atoms with Crippen LogP contribution in [0.3, 0.4) is 0 Å². The number of amides is 1. The van der Waals surface area contributed by atoms with Gasteiger partial charge in [0.15, 0.2) is 5.75 Å². The quantitative estimate of drug-likeness (QED) is 0.207. The third kappa shape index (κ3) is 7.67. The molecule has 7 nitrogen and oxygen atoms in total. The number of benzene rings is 2. The minimum Gasteiger partial charge on any atom is -0.490 e. The van der Waals surface area contributed by atoms with Gasteiger partial charge in [-0.2, -0.15) is 0 Å². The van der Waals surface area contributed by atoms with Crippen LogP contribution in [-0.2, 0) is 4.74 Å². The van der Waals surface area contributed by atoms with Crippen LogP contribution < -0.4 is 14.4 Å². The SMILES string of the molecule is CCCCOc1c(C(=O)Oc2ccccc2)c(C)c(F)c(Br)c1N(CCCO)C(=O)OC(C)(C)C. The Morgan fingerprint density at radius 1 is 1.14 bits per heavy atom. The largest absolute Gasteiger partial charge is 0.490 e. The summed E-state index contributed by atoms with van der Waals surface area (Å²) in [6.45, 7) is 8.58. The van der Waals surface area contributed by atoms with Crippen molar-refractivity contribution in [2.24, 2.45) is 0 Å². The lowest BCUT2D eigenvalue weighted by molar-refractivity contribution is 0.0575. The van der Waals surface area contributed by atoms with Crippen molar-refractivity contribution >= 4 is 33.7 Å². The number of halogens is 2. The molecule has 2 aromatic rings. The fourth-order valence-electron chi connectivity index (χ4n) is 3.20. The highest BCUT2D eigenvalue weighted by molar-refractivity contribution is 9.10. The predicted molar refractivity (Wildman–Crippen MR) is 136 cm³/mol. The van der Waals surface area contributed by atoms with Gasteiger partial charge in [0.2, 0.25) is 0 Å². The summed E-state index contributed by atoms with van der Waals surface area (Å²) >= 11 is 3.26. The summed E-state index contributed by atoms with van der Waals surface area (Å²) in [5, 5.41) is 9.42. The zero-order valence-corrected chi connectivity index (χ0v) is 22.4. The van der Waals surface area contributed by atoms with Crippen LogP contribution in [0, 0.1) is 12.7 Å². The number of rotatable bonds is 10. The van der Waals surface area contributed by atoms with Gasteiger partial charge in [-0.3, -0.25) is 4.90 Å². The second-order valence-corrected chi connectivity index (χ2v) is 9.71. The third-order valence-electron chi connectivity index (χ3n) is 4.87. The molecule has 0 aliphatic carbocycles. The van der Waals surface area contributed by atoms with Crippen LogP contribution in [0.15, 0.2) is 34.8 Å². The molecule has 1 N–H and O–H groups in total. The molecule has 192 valence electrons. The van der Waals surface area contributed by atoms with Crippen LogP contribution in [0.2, 0.25) is 0 Å². The number of ether oxygens (including phenoxy) is 3. The number of para-hydroxylation sites is 1. The molecule has 0 aliphatic rings. The van der Waals surface area contributed by atoms with Crippen molar-refractivity contribution < 1.29 is 33.3 Å². The van der Waals surface area contributed by atoms with E-state index in [-0.39, 0.29) is 59.0 Å². The van der Waals surface area contributed by atoms with Crippen molar-refractivity contribution in [1.29, 1.82) is 0 Å². The molecule has 0 saturated heterocycles. The number of hydrogen-bond donors (Lipinski definition) is 1. The Hall–Kier alpha value is -2.65. The molecule has 0 unspecified atom stereocenters. The average Bonchev–Trinajstić information content (AvgIpc) is 2.79. The van der Waals surface area contributed by atoms with E-state index < -0.39 is 23.5 Å². The van der Waals surface area contributed by atoms with Crippen molar-refractivity contribution in [3.63, 3.8) is 0 Å². The maximum absolute atomic E-state index is 15.5. The number of carbonyl (C=O) groups is 2. The third-order valence-corrected chi connectivity index (χ3v) is 5.60. The molecular formula is C26H33BrFNO6. The van der Waals surface area contributed by atoms with Crippen LogP contribution >= 0.6 is 15.9 Å². The van der Waals surface area contributed by atoms with Crippen molar-refractivity contribution in [2.45, 2.75) is 59.5 Å². The van der Waals surface area contributed by atoms with Gasteiger partial charge in [0.05, 0.1) is 11.1 Å². The standard InChI is InChI=1S/C26H33BrFNO6/c1-6-7-16-33-23-19(24(31)34-18-12-9-8-10-13-18)17(2)21(28)20(27)22(23)29(14-11-15-30)25(32)35-26(3,4)5/h8-10,12-13,30H,6-7,11,14-16H2,1-5H3. The summed E-state index contributed by atoms with van der Waals surface area (Å²) in [5.41, 5.74) is -0.938. The highest BCUT2D eigenvalue weighted by Gasteiger charge is 2.34. The number of nitrogens with zero attached hydrogens (tertiary/aromatic N) is 1. The zero-order valence-electron chi connectivity index (χ0n) is 20.8. The number of anilines is 1. The maximum atomic E-state index is 15.5. The first kappa shape index (κ1) is 28.6. The number of esters is 1. The Bertz CT molecular complexity index is 1020. The summed E-state index contributed by atoms with van der Waals surface area (Å²) in [4.78, 5) is 27.6. The van der Waals surface area contributed by atoms with E-state index in [0.29, 0.717) is 6.42 Å². The Labute approximate surface area is 214 Å². The number of unbranched alkanes of at least 4 members (excludes halogenated alkanes) is 1. The summed E-state index contributed by atoms with van der Waals surface area (Å²) < 4.78 is 32.5. The number of carbonyl (C=O) groups excluding carboxylic acids is 2. The Morgan fingerprint density at radius 3 is 2.37 bits per heavy atom. The van der Waals surface area contributed by atoms with E-state index in [9.17, 15) is 14.7 Å².